The Labute approximate surface area is 139 Å². The molecule has 0 spiro atoms. The van der Waals surface area contributed by atoms with Gasteiger partial charge in [-0.15, -0.1) is 0 Å². The van der Waals surface area contributed by atoms with E-state index in [1.807, 2.05) is 36.4 Å². The largest absolute Gasteiger partial charge is 0.467 e. The van der Waals surface area contributed by atoms with Gasteiger partial charge < -0.3 is 9.32 Å². The zero-order valence-corrected chi connectivity index (χ0v) is 14.0. The maximum atomic E-state index is 12.2. The highest BCUT2D eigenvalue weighted by atomic mass is 32.2. The van der Waals surface area contributed by atoms with E-state index in [0.717, 1.165) is 21.7 Å². The van der Waals surface area contributed by atoms with Crippen LogP contribution < -0.4 is 0 Å². The minimum Gasteiger partial charge on any atom is -0.467 e. The van der Waals surface area contributed by atoms with Crippen molar-refractivity contribution in [1.29, 1.82) is 0 Å². The topological polar surface area (TPSA) is 46.3 Å². The fourth-order valence-electron chi connectivity index (χ4n) is 2.36. The Morgan fingerprint density at radius 2 is 2.09 bits per heavy atom. The second kappa shape index (κ2) is 6.87. The third-order valence-electron chi connectivity index (χ3n) is 3.64. The number of aryl methyl sites for hydroxylation is 1. The molecule has 1 aromatic carbocycles. The Kier molecular flexibility index (Phi) is 4.67. The lowest BCUT2D eigenvalue weighted by molar-refractivity contribution is -0.127. The number of aromatic nitrogens is 1. The number of amides is 1. The number of carbonyl (C=O) groups is 1. The van der Waals surface area contributed by atoms with Gasteiger partial charge in [-0.05, 0) is 36.8 Å². The molecule has 23 heavy (non-hydrogen) atoms. The maximum Gasteiger partial charge on any atom is 0.233 e. The van der Waals surface area contributed by atoms with Gasteiger partial charge in [-0.3, -0.25) is 4.79 Å². The van der Waals surface area contributed by atoms with Crippen LogP contribution in [-0.2, 0) is 11.3 Å². The van der Waals surface area contributed by atoms with E-state index < -0.39 is 0 Å². The molecule has 2 aromatic heterocycles. The number of fused-ring (bicyclic) bond motifs is 1. The van der Waals surface area contributed by atoms with E-state index in [4.69, 9.17) is 4.42 Å². The van der Waals surface area contributed by atoms with E-state index in [1.165, 1.54) is 17.3 Å². The number of benzene rings is 1. The first-order valence-electron chi connectivity index (χ1n) is 7.39. The third kappa shape index (κ3) is 3.74. The fourth-order valence-corrected chi connectivity index (χ4v) is 3.28. The summed E-state index contributed by atoms with van der Waals surface area (Å²) in [6.07, 6.45) is 1.62. The lowest BCUT2D eigenvalue weighted by Gasteiger charge is -2.15. The molecule has 0 aliphatic heterocycles. The van der Waals surface area contributed by atoms with E-state index in [-0.39, 0.29) is 5.91 Å². The minimum absolute atomic E-state index is 0.0546. The molecule has 0 saturated heterocycles. The summed E-state index contributed by atoms with van der Waals surface area (Å²) >= 11 is 1.47. The van der Waals surface area contributed by atoms with Gasteiger partial charge in [0, 0.05) is 12.4 Å². The number of carbonyl (C=O) groups excluding carboxylic acids is 1. The van der Waals surface area contributed by atoms with E-state index in [9.17, 15) is 4.79 Å². The summed E-state index contributed by atoms with van der Waals surface area (Å²) in [6.45, 7) is 2.55. The molecule has 118 valence electrons. The highest BCUT2D eigenvalue weighted by Gasteiger charge is 2.12. The van der Waals surface area contributed by atoms with Crippen molar-refractivity contribution in [2.45, 2.75) is 18.5 Å². The zero-order valence-electron chi connectivity index (χ0n) is 13.2. The van der Waals surface area contributed by atoms with Gasteiger partial charge in [-0.2, -0.15) is 0 Å². The van der Waals surface area contributed by atoms with Crippen molar-refractivity contribution in [3.05, 3.63) is 60.1 Å². The summed E-state index contributed by atoms with van der Waals surface area (Å²) in [6, 6.07) is 13.8. The van der Waals surface area contributed by atoms with Crippen LogP contribution >= 0.6 is 11.8 Å². The molecule has 0 unspecified atom stereocenters. The molecule has 0 N–H and O–H groups in total. The van der Waals surface area contributed by atoms with Gasteiger partial charge in [0.25, 0.3) is 0 Å². The standard InChI is InChI=1S/C18H18N2O2S/c1-13-10-17(19-16-8-4-3-7-15(13)16)23-12-18(21)20(2)11-14-6-5-9-22-14/h3-10H,11-12H2,1-2H3. The second-order valence-electron chi connectivity index (χ2n) is 5.41. The predicted octanol–water partition coefficient (Wildman–Crippen LogP) is 3.89. The molecule has 5 heteroatoms. The molecule has 0 fully saturated rings. The first-order chi connectivity index (χ1) is 11.1. The van der Waals surface area contributed by atoms with Crippen LogP contribution in [0.25, 0.3) is 10.9 Å². The van der Waals surface area contributed by atoms with E-state index in [1.54, 1.807) is 18.2 Å². The molecule has 1 amide bonds. The molecule has 3 rings (SSSR count). The van der Waals surface area contributed by atoms with Crippen LogP contribution in [0.5, 0.6) is 0 Å². The van der Waals surface area contributed by atoms with Gasteiger partial charge >= 0.3 is 0 Å². The number of pyridine rings is 1. The summed E-state index contributed by atoms with van der Waals surface area (Å²) in [5.74, 6) is 1.20. The number of furan rings is 1. The first kappa shape index (κ1) is 15.6. The smallest absolute Gasteiger partial charge is 0.233 e. The van der Waals surface area contributed by atoms with Crippen molar-refractivity contribution in [1.82, 2.24) is 9.88 Å². The van der Waals surface area contributed by atoms with Crippen LogP contribution in [0.4, 0.5) is 0 Å². The van der Waals surface area contributed by atoms with Gasteiger partial charge in [0.2, 0.25) is 5.91 Å². The average molecular weight is 326 g/mol. The molecule has 0 saturated carbocycles. The zero-order chi connectivity index (χ0) is 16.2. The number of rotatable bonds is 5. The van der Waals surface area contributed by atoms with Crippen LogP contribution in [0.3, 0.4) is 0 Å². The first-order valence-corrected chi connectivity index (χ1v) is 8.37. The van der Waals surface area contributed by atoms with Gasteiger partial charge in [0.1, 0.15) is 5.76 Å². The number of thioether (sulfide) groups is 1. The summed E-state index contributed by atoms with van der Waals surface area (Å²) in [7, 11) is 1.78. The van der Waals surface area contributed by atoms with Crippen molar-refractivity contribution in [3.63, 3.8) is 0 Å². The van der Waals surface area contributed by atoms with Crippen molar-refractivity contribution in [2.75, 3.05) is 12.8 Å². The van der Waals surface area contributed by atoms with Crippen LogP contribution in [-0.4, -0.2) is 28.6 Å². The molecule has 2 heterocycles. The molecule has 0 aliphatic rings. The lowest BCUT2D eigenvalue weighted by atomic mass is 10.1. The van der Waals surface area contributed by atoms with Crippen molar-refractivity contribution in [2.24, 2.45) is 0 Å². The minimum atomic E-state index is 0.0546. The van der Waals surface area contributed by atoms with Crippen molar-refractivity contribution < 1.29 is 9.21 Å². The molecular formula is C18H18N2O2S. The lowest BCUT2D eigenvalue weighted by Crippen LogP contribution is -2.27. The summed E-state index contributed by atoms with van der Waals surface area (Å²) < 4.78 is 5.27. The average Bonchev–Trinajstić information content (AvgIpc) is 3.05. The van der Waals surface area contributed by atoms with Gasteiger partial charge in [0.15, 0.2) is 0 Å². The summed E-state index contributed by atoms with van der Waals surface area (Å²) in [5.41, 5.74) is 2.14. The predicted molar refractivity (Wildman–Crippen MR) is 92.4 cm³/mol. The number of hydrogen-bond donors (Lipinski definition) is 0. The normalized spacial score (nSPS) is 10.9. The molecule has 0 radical (unpaired) electrons. The monoisotopic (exact) mass is 326 g/mol. The Morgan fingerprint density at radius 3 is 2.87 bits per heavy atom. The Balaban J connectivity index is 1.64. The van der Waals surface area contributed by atoms with E-state index in [2.05, 4.69) is 18.0 Å². The van der Waals surface area contributed by atoms with Crippen molar-refractivity contribution in [3.8, 4) is 0 Å². The molecular weight excluding hydrogens is 308 g/mol. The number of para-hydroxylation sites is 1. The van der Waals surface area contributed by atoms with E-state index in [0.29, 0.717) is 12.3 Å². The summed E-state index contributed by atoms with van der Waals surface area (Å²) in [5, 5.41) is 2.03. The van der Waals surface area contributed by atoms with Crippen molar-refractivity contribution >= 4 is 28.6 Å². The van der Waals surface area contributed by atoms with Crippen LogP contribution in [0, 0.1) is 6.92 Å². The fraction of sp³-hybridized carbons (Fsp3) is 0.222. The van der Waals surface area contributed by atoms with Gasteiger partial charge in [-0.1, -0.05) is 30.0 Å². The molecule has 0 bridgehead atoms. The molecule has 3 aromatic rings. The number of nitrogens with zero attached hydrogens (tertiary/aromatic N) is 2. The summed E-state index contributed by atoms with van der Waals surface area (Å²) in [4.78, 5) is 18.5. The van der Waals surface area contributed by atoms with Crippen LogP contribution in [0.15, 0.2) is 58.2 Å². The number of hydrogen-bond acceptors (Lipinski definition) is 4. The Hall–Kier alpha value is -2.27. The Bertz CT molecular complexity index is 815. The van der Waals surface area contributed by atoms with Crippen LogP contribution in [0.1, 0.15) is 11.3 Å². The Morgan fingerprint density at radius 1 is 1.26 bits per heavy atom. The second-order valence-corrected chi connectivity index (χ2v) is 6.41. The third-order valence-corrected chi connectivity index (χ3v) is 4.54. The van der Waals surface area contributed by atoms with Gasteiger partial charge in [0.05, 0.1) is 29.1 Å². The van der Waals surface area contributed by atoms with Crippen LogP contribution in [0.2, 0.25) is 0 Å². The SMILES string of the molecule is Cc1cc(SCC(=O)N(C)Cc2ccco2)nc2ccccc12. The highest BCUT2D eigenvalue weighted by molar-refractivity contribution is 7.99. The maximum absolute atomic E-state index is 12.2. The van der Waals surface area contributed by atoms with E-state index >= 15 is 0 Å². The quantitative estimate of drug-likeness (QED) is 0.667. The molecule has 0 atom stereocenters. The van der Waals surface area contributed by atoms with Gasteiger partial charge in [-0.25, -0.2) is 4.98 Å². The molecule has 4 nitrogen and oxygen atoms in total. The molecule has 0 aliphatic carbocycles. The highest BCUT2D eigenvalue weighted by Crippen LogP contribution is 2.23.